The molecule has 1 aliphatic carbocycles. The van der Waals surface area contributed by atoms with Crippen LogP contribution < -0.4 is 5.73 Å². The highest BCUT2D eigenvalue weighted by Gasteiger charge is 2.33. The minimum Gasteiger partial charge on any atom is -0.377 e. The molecule has 2 N–H and O–H groups in total. The fraction of sp³-hybridized carbons (Fsp3) is 0.667. The zero-order valence-electron chi connectivity index (χ0n) is 10.8. The average Bonchev–Trinajstić information content (AvgIpc) is 2.47. The first kappa shape index (κ1) is 12.1. The molecule has 1 aromatic rings. The molecule has 1 aliphatic heterocycles. The summed E-state index contributed by atoms with van der Waals surface area (Å²) in [6.07, 6.45) is 9.21. The quantitative estimate of drug-likeness (QED) is 0.871. The van der Waals surface area contributed by atoms with Crippen LogP contribution in [0.5, 0.6) is 0 Å². The summed E-state index contributed by atoms with van der Waals surface area (Å²) < 4.78 is 5.86. The molecule has 3 nitrogen and oxygen atoms in total. The number of hydrogen-bond donors (Lipinski definition) is 1. The van der Waals surface area contributed by atoms with E-state index in [1.54, 1.807) is 0 Å². The van der Waals surface area contributed by atoms with E-state index in [0.29, 0.717) is 5.92 Å². The number of aryl methyl sites for hydroxylation is 1. The summed E-state index contributed by atoms with van der Waals surface area (Å²) in [4.78, 5) is 4.58. The van der Waals surface area contributed by atoms with Crippen molar-refractivity contribution in [1.29, 1.82) is 0 Å². The maximum Gasteiger partial charge on any atom is 0.0732 e. The van der Waals surface area contributed by atoms with Gasteiger partial charge in [-0.2, -0.15) is 0 Å². The molecule has 1 fully saturated rings. The van der Waals surface area contributed by atoms with Crippen molar-refractivity contribution in [2.45, 2.75) is 56.6 Å². The second kappa shape index (κ2) is 5.37. The van der Waals surface area contributed by atoms with Gasteiger partial charge in [-0.05, 0) is 50.2 Å². The van der Waals surface area contributed by atoms with E-state index in [-0.39, 0.29) is 12.1 Å². The van der Waals surface area contributed by atoms with Gasteiger partial charge in [0.15, 0.2) is 0 Å². The maximum absolute atomic E-state index is 6.47. The summed E-state index contributed by atoms with van der Waals surface area (Å²) in [5.74, 6) is 0.387. The van der Waals surface area contributed by atoms with Gasteiger partial charge in [0.05, 0.1) is 6.10 Å². The first-order valence-electron chi connectivity index (χ1n) is 7.17. The number of fused-ring (bicyclic) bond motifs is 1. The Kier molecular flexibility index (Phi) is 3.62. The second-order valence-corrected chi connectivity index (χ2v) is 5.53. The predicted molar refractivity (Wildman–Crippen MR) is 71.5 cm³/mol. The van der Waals surface area contributed by atoms with E-state index in [1.165, 1.54) is 30.5 Å². The molecule has 3 unspecified atom stereocenters. The highest BCUT2D eigenvalue weighted by Crippen LogP contribution is 2.34. The van der Waals surface area contributed by atoms with Gasteiger partial charge in [-0.25, -0.2) is 0 Å². The third kappa shape index (κ3) is 2.29. The lowest BCUT2D eigenvalue weighted by molar-refractivity contribution is -0.00624. The Morgan fingerprint density at radius 3 is 3.06 bits per heavy atom. The number of aromatic nitrogens is 1. The molecular formula is C15H22N2O. The van der Waals surface area contributed by atoms with Gasteiger partial charge >= 0.3 is 0 Å². The highest BCUT2D eigenvalue weighted by atomic mass is 16.5. The molecule has 0 radical (unpaired) electrons. The molecule has 18 heavy (non-hydrogen) atoms. The Hall–Kier alpha value is -0.930. The van der Waals surface area contributed by atoms with Crippen molar-refractivity contribution >= 4 is 0 Å². The summed E-state index contributed by atoms with van der Waals surface area (Å²) >= 11 is 0. The van der Waals surface area contributed by atoms with Crippen LogP contribution in [0.3, 0.4) is 0 Å². The molecule has 2 aliphatic rings. The Balaban J connectivity index is 1.80. The standard InChI is InChI=1S/C15H22N2O/c16-14(13-8-1-2-10-18-13)12-7-3-5-11-6-4-9-17-15(11)12/h4,6,9,12-14H,1-3,5,7-8,10,16H2. The van der Waals surface area contributed by atoms with E-state index in [2.05, 4.69) is 11.1 Å². The summed E-state index contributed by atoms with van der Waals surface area (Å²) in [6, 6.07) is 4.34. The lowest BCUT2D eigenvalue weighted by Gasteiger charge is -2.35. The number of hydrogen-bond acceptors (Lipinski definition) is 3. The molecule has 0 bridgehead atoms. The van der Waals surface area contributed by atoms with Crippen molar-refractivity contribution in [2.75, 3.05) is 6.61 Å². The molecule has 0 saturated carbocycles. The molecular weight excluding hydrogens is 224 g/mol. The molecule has 0 amide bonds. The van der Waals surface area contributed by atoms with Gasteiger partial charge in [0.1, 0.15) is 0 Å². The number of pyridine rings is 1. The molecule has 1 saturated heterocycles. The van der Waals surface area contributed by atoms with E-state index in [4.69, 9.17) is 10.5 Å². The van der Waals surface area contributed by atoms with Crippen LogP contribution in [-0.2, 0) is 11.2 Å². The normalized spacial score (nSPS) is 29.6. The lowest BCUT2D eigenvalue weighted by atomic mass is 9.79. The highest BCUT2D eigenvalue weighted by molar-refractivity contribution is 5.27. The van der Waals surface area contributed by atoms with E-state index in [0.717, 1.165) is 25.9 Å². The Labute approximate surface area is 109 Å². The third-order valence-electron chi connectivity index (χ3n) is 4.35. The van der Waals surface area contributed by atoms with Crippen LogP contribution in [-0.4, -0.2) is 23.7 Å². The van der Waals surface area contributed by atoms with Crippen molar-refractivity contribution in [3.63, 3.8) is 0 Å². The summed E-state index contributed by atoms with van der Waals surface area (Å²) in [6.45, 7) is 0.875. The molecule has 1 aromatic heterocycles. The number of nitrogens with two attached hydrogens (primary N) is 1. The Morgan fingerprint density at radius 1 is 1.28 bits per heavy atom. The molecule has 0 aromatic carbocycles. The molecule has 0 spiro atoms. The van der Waals surface area contributed by atoms with Gasteiger partial charge in [0.25, 0.3) is 0 Å². The topological polar surface area (TPSA) is 48.1 Å². The van der Waals surface area contributed by atoms with Gasteiger partial charge in [-0.1, -0.05) is 6.07 Å². The van der Waals surface area contributed by atoms with Gasteiger partial charge in [0.2, 0.25) is 0 Å². The molecule has 3 heteroatoms. The van der Waals surface area contributed by atoms with Crippen molar-refractivity contribution in [1.82, 2.24) is 4.98 Å². The molecule has 3 atom stereocenters. The minimum absolute atomic E-state index is 0.110. The zero-order valence-corrected chi connectivity index (χ0v) is 10.8. The minimum atomic E-state index is 0.110. The van der Waals surface area contributed by atoms with Crippen LogP contribution >= 0.6 is 0 Å². The number of rotatable bonds is 2. The number of ether oxygens (including phenoxy) is 1. The van der Waals surface area contributed by atoms with Gasteiger partial charge in [0, 0.05) is 30.5 Å². The number of nitrogens with zero attached hydrogens (tertiary/aromatic N) is 1. The average molecular weight is 246 g/mol. The zero-order chi connectivity index (χ0) is 12.4. The first-order chi connectivity index (χ1) is 8.86. The summed E-state index contributed by atoms with van der Waals surface area (Å²) in [5.41, 5.74) is 9.09. The van der Waals surface area contributed by atoms with Crippen molar-refractivity contribution in [3.8, 4) is 0 Å². The van der Waals surface area contributed by atoms with Gasteiger partial charge in [-0.15, -0.1) is 0 Å². The van der Waals surface area contributed by atoms with Crippen LogP contribution in [0.15, 0.2) is 18.3 Å². The van der Waals surface area contributed by atoms with E-state index < -0.39 is 0 Å². The SMILES string of the molecule is NC(C1CCCCO1)C1CCCc2cccnc21. The Morgan fingerprint density at radius 2 is 2.22 bits per heavy atom. The van der Waals surface area contributed by atoms with Crippen LogP contribution in [0.4, 0.5) is 0 Å². The van der Waals surface area contributed by atoms with E-state index in [9.17, 15) is 0 Å². The predicted octanol–water partition coefficient (Wildman–Crippen LogP) is 2.40. The van der Waals surface area contributed by atoms with E-state index >= 15 is 0 Å². The van der Waals surface area contributed by atoms with Crippen LogP contribution in [0, 0.1) is 0 Å². The monoisotopic (exact) mass is 246 g/mol. The molecule has 98 valence electrons. The second-order valence-electron chi connectivity index (χ2n) is 5.53. The molecule has 2 heterocycles. The van der Waals surface area contributed by atoms with Gasteiger partial charge < -0.3 is 10.5 Å². The van der Waals surface area contributed by atoms with Crippen LogP contribution in [0.1, 0.15) is 49.3 Å². The van der Waals surface area contributed by atoms with Crippen molar-refractivity contribution in [3.05, 3.63) is 29.6 Å². The first-order valence-corrected chi connectivity index (χ1v) is 7.17. The van der Waals surface area contributed by atoms with Crippen molar-refractivity contribution < 1.29 is 4.74 Å². The van der Waals surface area contributed by atoms with E-state index in [1.807, 2.05) is 12.3 Å². The van der Waals surface area contributed by atoms with Crippen LogP contribution in [0.2, 0.25) is 0 Å². The van der Waals surface area contributed by atoms with Crippen molar-refractivity contribution in [2.24, 2.45) is 5.73 Å². The fourth-order valence-electron chi connectivity index (χ4n) is 3.35. The van der Waals surface area contributed by atoms with Crippen LogP contribution in [0.25, 0.3) is 0 Å². The Bertz CT molecular complexity index is 401. The molecule has 3 rings (SSSR count). The largest absolute Gasteiger partial charge is 0.377 e. The lowest BCUT2D eigenvalue weighted by Crippen LogP contribution is -2.44. The van der Waals surface area contributed by atoms with Gasteiger partial charge in [-0.3, -0.25) is 4.98 Å². The maximum atomic E-state index is 6.47. The summed E-state index contributed by atoms with van der Waals surface area (Å²) in [5, 5.41) is 0. The summed E-state index contributed by atoms with van der Waals surface area (Å²) in [7, 11) is 0. The smallest absolute Gasteiger partial charge is 0.0732 e. The fourth-order valence-corrected chi connectivity index (χ4v) is 3.35. The third-order valence-corrected chi connectivity index (χ3v) is 4.35.